The minimum Gasteiger partial charge on any atom is -0.872 e. The molecule has 0 aromatic heterocycles. The summed E-state index contributed by atoms with van der Waals surface area (Å²) in [6.07, 6.45) is 0. The quantitative estimate of drug-likeness (QED) is 0.330. The molecule has 1 atom stereocenters. The summed E-state index contributed by atoms with van der Waals surface area (Å²) in [6.45, 7) is 0. The Morgan fingerprint density at radius 3 is 1.87 bits per heavy atom. The summed E-state index contributed by atoms with van der Waals surface area (Å²) >= 11 is 13.7. The van der Waals surface area contributed by atoms with Crippen molar-refractivity contribution in [2.75, 3.05) is 0 Å². The molecule has 0 bridgehead atoms. The van der Waals surface area contributed by atoms with Gasteiger partial charge in [0.25, 0.3) is 10.1 Å². The maximum absolute atomic E-state index is 13.0. The molecular formula is C19H9Br4NaO5S. The van der Waals surface area contributed by atoms with Crippen LogP contribution in [0.25, 0.3) is 0 Å². The fourth-order valence-corrected chi connectivity index (χ4v) is 8.31. The van der Waals surface area contributed by atoms with E-state index in [1.165, 1.54) is 30.3 Å². The molecule has 1 aliphatic heterocycles. The first-order valence-electron chi connectivity index (χ1n) is 7.98. The van der Waals surface area contributed by atoms with Crippen molar-refractivity contribution >= 4 is 73.8 Å². The topological polar surface area (TPSA) is 86.7 Å². The molecular weight excluding hydrogens is 683 g/mol. The van der Waals surface area contributed by atoms with Crippen LogP contribution in [0.4, 0.5) is 0 Å². The van der Waals surface area contributed by atoms with Gasteiger partial charge in [-0.05, 0) is 18.2 Å². The van der Waals surface area contributed by atoms with Crippen LogP contribution < -0.4 is 34.7 Å². The molecule has 11 heteroatoms. The largest absolute Gasteiger partial charge is 1.00 e. The molecule has 0 aliphatic carbocycles. The number of fused-ring (bicyclic) bond motifs is 1. The van der Waals surface area contributed by atoms with Crippen molar-refractivity contribution in [2.24, 2.45) is 0 Å². The van der Waals surface area contributed by atoms with Crippen molar-refractivity contribution in [2.45, 2.75) is 10.5 Å². The van der Waals surface area contributed by atoms with Crippen LogP contribution in [-0.4, -0.2) is 13.5 Å². The van der Waals surface area contributed by atoms with Gasteiger partial charge in [-0.3, -0.25) is 0 Å². The second kappa shape index (κ2) is 8.79. The summed E-state index contributed by atoms with van der Waals surface area (Å²) in [4.78, 5) is 0.0249. The minimum absolute atomic E-state index is 0. The molecule has 1 unspecified atom stereocenters. The molecule has 1 aliphatic rings. The van der Waals surface area contributed by atoms with Crippen LogP contribution in [0.5, 0.6) is 11.5 Å². The van der Waals surface area contributed by atoms with Crippen LogP contribution >= 0.6 is 63.7 Å². The summed E-state index contributed by atoms with van der Waals surface area (Å²) in [5, 5.41) is 22.0. The molecule has 0 saturated carbocycles. The number of phenols is 1. The zero-order valence-electron chi connectivity index (χ0n) is 15.1. The number of benzene rings is 3. The van der Waals surface area contributed by atoms with E-state index in [1.807, 2.05) is 0 Å². The summed E-state index contributed by atoms with van der Waals surface area (Å²) in [7, 11) is -4.12. The molecule has 1 N–H and O–H groups in total. The smallest absolute Gasteiger partial charge is 0.872 e. The normalized spacial score (nSPS) is 19.2. The second-order valence-corrected chi connectivity index (χ2v) is 11.2. The van der Waals surface area contributed by atoms with Gasteiger partial charge in [-0.2, -0.15) is 8.42 Å². The van der Waals surface area contributed by atoms with Crippen molar-refractivity contribution in [1.82, 2.24) is 0 Å². The van der Waals surface area contributed by atoms with Gasteiger partial charge in [0.15, 0.2) is 5.60 Å². The number of halogens is 4. The van der Waals surface area contributed by atoms with E-state index in [2.05, 4.69) is 63.7 Å². The fraction of sp³-hybridized carbons (Fsp3) is 0.0526. The first-order chi connectivity index (χ1) is 13.6. The Labute approximate surface area is 228 Å². The molecule has 0 spiro atoms. The van der Waals surface area contributed by atoms with Gasteiger partial charge in [0.1, 0.15) is 10.6 Å². The molecule has 1 heterocycles. The Morgan fingerprint density at radius 2 is 1.33 bits per heavy atom. The van der Waals surface area contributed by atoms with Gasteiger partial charge in [0.05, 0.1) is 0 Å². The Kier molecular flexibility index (Phi) is 7.25. The van der Waals surface area contributed by atoms with Crippen LogP contribution in [0, 0.1) is 0 Å². The van der Waals surface area contributed by atoms with Crippen molar-refractivity contribution in [3.63, 3.8) is 0 Å². The van der Waals surface area contributed by atoms with E-state index in [4.69, 9.17) is 4.18 Å². The SMILES string of the molecule is O=S1(=O)OC(c2c(Br)cc([O-])cc2Br)(c2c(Br)cc(O)cc2Br)c2ccccc21.[Na+]. The van der Waals surface area contributed by atoms with E-state index in [0.29, 0.717) is 34.6 Å². The molecule has 0 fully saturated rings. The third-order valence-electron chi connectivity index (χ3n) is 4.52. The Morgan fingerprint density at radius 1 is 0.867 bits per heavy atom. The zero-order valence-corrected chi connectivity index (χ0v) is 24.3. The number of hydrogen-bond acceptors (Lipinski definition) is 5. The van der Waals surface area contributed by atoms with Crippen molar-refractivity contribution in [3.05, 3.63) is 83.1 Å². The Hall–Kier alpha value is 0.0900. The summed E-state index contributed by atoms with van der Waals surface area (Å²) in [6, 6.07) is 12.0. The number of rotatable bonds is 2. The molecule has 0 saturated heterocycles. The van der Waals surface area contributed by atoms with Gasteiger partial charge in [0, 0.05) is 34.6 Å². The number of hydrogen-bond donors (Lipinski definition) is 1. The van der Waals surface area contributed by atoms with Crippen LogP contribution in [0.2, 0.25) is 0 Å². The monoisotopic (exact) mass is 688 g/mol. The van der Waals surface area contributed by atoms with Gasteiger partial charge < -0.3 is 10.2 Å². The van der Waals surface area contributed by atoms with Gasteiger partial charge in [-0.25, -0.2) is 4.18 Å². The molecule has 0 amide bonds. The van der Waals surface area contributed by atoms with E-state index in [9.17, 15) is 18.6 Å². The molecule has 4 rings (SSSR count). The van der Waals surface area contributed by atoms with Gasteiger partial charge in [-0.1, -0.05) is 94.1 Å². The van der Waals surface area contributed by atoms with Crippen LogP contribution in [-0.2, 0) is 19.9 Å². The number of phenolic OH excluding ortho intramolecular Hbond substituents is 1. The van der Waals surface area contributed by atoms with Crippen LogP contribution in [0.15, 0.2) is 71.3 Å². The molecule has 0 radical (unpaired) electrons. The average molecular weight is 692 g/mol. The minimum atomic E-state index is -4.12. The Balaban J connectivity index is 0.00000256. The number of aromatic hydroxyl groups is 1. The van der Waals surface area contributed by atoms with Gasteiger partial charge in [-0.15, -0.1) is 5.75 Å². The van der Waals surface area contributed by atoms with E-state index >= 15 is 0 Å². The van der Waals surface area contributed by atoms with Crippen molar-refractivity contribution in [3.8, 4) is 11.5 Å². The fourth-order valence-electron chi connectivity index (χ4n) is 3.49. The van der Waals surface area contributed by atoms with Crippen LogP contribution in [0.3, 0.4) is 0 Å². The summed E-state index contributed by atoms with van der Waals surface area (Å²) < 4.78 is 33.4. The predicted octanol–water partition coefficient (Wildman–Crippen LogP) is 2.53. The summed E-state index contributed by atoms with van der Waals surface area (Å²) in [5.74, 6) is -0.287. The third-order valence-corrected chi connectivity index (χ3v) is 8.38. The van der Waals surface area contributed by atoms with E-state index < -0.39 is 15.7 Å². The maximum atomic E-state index is 13.0. The standard InChI is InChI=1S/C19H10Br4O5S.Na/c20-12-5-9(24)6-13(21)17(12)19(18-14(22)7-10(25)8-15(18)23)11-3-1-2-4-16(11)29(26,27)28-19;/h1-8,24-25H;/q;+1/p-1. The predicted molar refractivity (Wildman–Crippen MR) is 119 cm³/mol. The van der Waals surface area contributed by atoms with E-state index in [0.717, 1.165) is 0 Å². The molecule has 30 heavy (non-hydrogen) atoms. The van der Waals surface area contributed by atoms with E-state index in [1.54, 1.807) is 18.2 Å². The molecule has 150 valence electrons. The second-order valence-electron chi connectivity index (χ2n) is 6.26. The Bertz CT molecular complexity index is 1180. The summed E-state index contributed by atoms with van der Waals surface area (Å²) in [5.41, 5.74) is -0.430. The van der Waals surface area contributed by atoms with Gasteiger partial charge in [0.2, 0.25) is 0 Å². The van der Waals surface area contributed by atoms with Crippen LogP contribution in [0.1, 0.15) is 16.7 Å². The molecule has 3 aromatic rings. The molecule has 3 aromatic carbocycles. The van der Waals surface area contributed by atoms with E-state index in [-0.39, 0.29) is 46.0 Å². The first kappa shape index (κ1) is 24.7. The molecule has 5 nitrogen and oxygen atoms in total. The third kappa shape index (κ3) is 3.86. The van der Waals surface area contributed by atoms with Crippen molar-refractivity contribution < 1.29 is 52.4 Å². The maximum Gasteiger partial charge on any atom is 1.00 e. The van der Waals surface area contributed by atoms with Gasteiger partial charge >= 0.3 is 29.6 Å². The zero-order chi connectivity index (χ0) is 21.1. The van der Waals surface area contributed by atoms with Crippen molar-refractivity contribution in [1.29, 1.82) is 0 Å². The first-order valence-corrected chi connectivity index (χ1v) is 12.6. The average Bonchev–Trinajstić information content (AvgIpc) is 2.82.